The Morgan fingerprint density at radius 2 is 2.05 bits per heavy atom. The summed E-state index contributed by atoms with van der Waals surface area (Å²) >= 11 is 3.47. The van der Waals surface area contributed by atoms with Gasteiger partial charge in [0.1, 0.15) is 0 Å². The SMILES string of the molecule is Cn1ccc(CNCc2nnc(-c3ccccc3Br)o2)n1. The van der Waals surface area contributed by atoms with Crippen LogP contribution in [0, 0.1) is 0 Å². The van der Waals surface area contributed by atoms with Gasteiger partial charge in [-0.1, -0.05) is 12.1 Å². The Balaban J connectivity index is 1.62. The fraction of sp³-hybridized carbons (Fsp3) is 0.214. The summed E-state index contributed by atoms with van der Waals surface area (Å²) in [5.74, 6) is 1.06. The van der Waals surface area contributed by atoms with E-state index in [-0.39, 0.29) is 0 Å². The quantitative estimate of drug-likeness (QED) is 0.767. The average molecular weight is 348 g/mol. The van der Waals surface area contributed by atoms with Crippen LogP contribution in [0.25, 0.3) is 11.5 Å². The van der Waals surface area contributed by atoms with Crippen LogP contribution in [0.3, 0.4) is 0 Å². The standard InChI is InChI=1S/C14H14BrN5O/c1-20-7-6-10(19-20)8-16-9-13-17-18-14(21-13)11-4-2-3-5-12(11)15/h2-7,16H,8-9H2,1H3. The van der Waals surface area contributed by atoms with E-state index < -0.39 is 0 Å². The molecule has 0 fully saturated rings. The highest BCUT2D eigenvalue weighted by Gasteiger charge is 2.10. The summed E-state index contributed by atoms with van der Waals surface area (Å²) in [6, 6.07) is 9.72. The third-order valence-corrected chi connectivity index (χ3v) is 3.61. The van der Waals surface area contributed by atoms with E-state index in [4.69, 9.17) is 4.42 Å². The van der Waals surface area contributed by atoms with Gasteiger partial charge in [-0.05, 0) is 34.1 Å². The zero-order valence-electron chi connectivity index (χ0n) is 11.5. The molecule has 3 aromatic rings. The van der Waals surface area contributed by atoms with Crippen molar-refractivity contribution in [2.24, 2.45) is 7.05 Å². The number of aromatic nitrogens is 4. The second-order valence-corrected chi connectivity index (χ2v) is 5.42. The summed E-state index contributed by atoms with van der Waals surface area (Å²) in [6.45, 7) is 1.17. The summed E-state index contributed by atoms with van der Waals surface area (Å²) in [5, 5.41) is 15.6. The van der Waals surface area contributed by atoms with Gasteiger partial charge in [-0.25, -0.2) is 0 Å². The fourth-order valence-electron chi connectivity index (χ4n) is 1.92. The molecule has 0 unspecified atom stereocenters. The average Bonchev–Trinajstić information content (AvgIpc) is 3.09. The monoisotopic (exact) mass is 347 g/mol. The van der Waals surface area contributed by atoms with Crippen LogP contribution in [0.15, 0.2) is 45.4 Å². The summed E-state index contributed by atoms with van der Waals surface area (Å²) in [6.07, 6.45) is 1.91. The van der Waals surface area contributed by atoms with E-state index in [1.807, 2.05) is 43.6 Å². The second-order valence-electron chi connectivity index (χ2n) is 4.57. The molecule has 0 aliphatic heterocycles. The summed E-state index contributed by atoms with van der Waals surface area (Å²) in [5.41, 5.74) is 1.86. The normalized spacial score (nSPS) is 11.0. The minimum absolute atomic E-state index is 0.508. The van der Waals surface area contributed by atoms with Gasteiger partial charge in [0.2, 0.25) is 11.8 Å². The molecule has 0 saturated carbocycles. The smallest absolute Gasteiger partial charge is 0.248 e. The van der Waals surface area contributed by atoms with Crippen LogP contribution < -0.4 is 5.32 Å². The van der Waals surface area contributed by atoms with Gasteiger partial charge in [0.05, 0.1) is 17.8 Å². The molecule has 21 heavy (non-hydrogen) atoms. The topological polar surface area (TPSA) is 68.8 Å². The van der Waals surface area contributed by atoms with Crippen molar-refractivity contribution in [2.75, 3.05) is 0 Å². The van der Waals surface area contributed by atoms with Gasteiger partial charge >= 0.3 is 0 Å². The zero-order valence-corrected chi connectivity index (χ0v) is 13.0. The lowest BCUT2D eigenvalue weighted by Gasteiger charge is -1.99. The number of hydrogen-bond donors (Lipinski definition) is 1. The highest BCUT2D eigenvalue weighted by Crippen LogP contribution is 2.26. The number of halogens is 1. The number of aryl methyl sites for hydroxylation is 1. The number of benzene rings is 1. The van der Waals surface area contributed by atoms with Crippen LogP contribution in [0.4, 0.5) is 0 Å². The molecule has 3 rings (SSSR count). The largest absolute Gasteiger partial charge is 0.419 e. The van der Waals surface area contributed by atoms with E-state index >= 15 is 0 Å². The van der Waals surface area contributed by atoms with E-state index in [0.717, 1.165) is 15.7 Å². The first-order chi connectivity index (χ1) is 10.2. The molecule has 0 atom stereocenters. The molecule has 0 bridgehead atoms. The molecular weight excluding hydrogens is 334 g/mol. The lowest BCUT2D eigenvalue weighted by molar-refractivity contribution is 0.475. The molecule has 1 N–H and O–H groups in total. The predicted molar refractivity (Wildman–Crippen MR) is 81.2 cm³/mol. The van der Waals surface area contributed by atoms with Crippen LogP contribution in [0.1, 0.15) is 11.6 Å². The van der Waals surface area contributed by atoms with Crippen LogP contribution in [-0.4, -0.2) is 20.0 Å². The maximum atomic E-state index is 5.65. The van der Waals surface area contributed by atoms with Gasteiger partial charge in [-0.2, -0.15) is 5.10 Å². The van der Waals surface area contributed by atoms with Crippen molar-refractivity contribution in [1.82, 2.24) is 25.3 Å². The van der Waals surface area contributed by atoms with E-state index in [1.54, 1.807) is 4.68 Å². The Bertz CT molecular complexity index is 736. The van der Waals surface area contributed by atoms with Crippen molar-refractivity contribution in [1.29, 1.82) is 0 Å². The molecule has 7 heteroatoms. The molecule has 108 valence electrons. The predicted octanol–water partition coefficient (Wildman–Crippen LogP) is 2.52. The molecule has 0 saturated heterocycles. The van der Waals surface area contributed by atoms with E-state index in [0.29, 0.717) is 24.9 Å². The van der Waals surface area contributed by atoms with Gasteiger partial charge < -0.3 is 9.73 Å². The first-order valence-corrected chi connectivity index (χ1v) is 7.28. The second kappa shape index (κ2) is 6.19. The first-order valence-electron chi connectivity index (χ1n) is 6.49. The molecule has 0 amide bonds. The minimum atomic E-state index is 0.508. The van der Waals surface area contributed by atoms with Crippen molar-refractivity contribution in [3.05, 3.63) is 52.6 Å². The fourth-order valence-corrected chi connectivity index (χ4v) is 2.38. The first kappa shape index (κ1) is 14.0. The Morgan fingerprint density at radius 3 is 2.81 bits per heavy atom. The van der Waals surface area contributed by atoms with Crippen molar-refractivity contribution in [3.63, 3.8) is 0 Å². The molecule has 2 heterocycles. The number of rotatable bonds is 5. The van der Waals surface area contributed by atoms with Crippen molar-refractivity contribution in [3.8, 4) is 11.5 Å². The van der Waals surface area contributed by atoms with E-state index in [9.17, 15) is 0 Å². The zero-order chi connectivity index (χ0) is 14.7. The number of nitrogens with zero attached hydrogens (tertiary/aromatic N) is 4. The third kappa shape index (κ3) is 3.37. The Hall–Kier alpha value is -1.99. The van der Waals surface area contributed by atoms with E-state index in [1.165, 1.54) is 0 Å². The molecule has 2 aromatic heterocycles. The molecule has 6 nitrogen and oxygen atoms in total. The number of hydrogen-bond acceptors (Lipinski definition) is 5. The third-order valence-electron chi connectivity index (χ3n) is 2.92. The highest BCUT2D eigenvalue weighted by atomic mass is 79.9. The minimum Gasteiger partial charge on any atom is -0.419 e. The van der Waals surface area contributed by atoms with E-state index in [2.05, 4.69) is 36.5 Å². The van der Waals surface area contributed by atoms with Crippen LogP contribution in [-0.2, 0) is 20.1 Å². The molecule has 0 aliphatic rings. The van der Waals surface area contributed by atoms with Gasteiger partial charge in [-0.3, -0.25) is 4.68 Å². The summed E-state index contributed by atoms with van der Waals surface area (Å²) in [7, 11) is 1.89. The van der Waals surface area contributed by atoms with Gasteiger partial charge in [0.25, 0.3) is 0 Å². The molecule has 0 aliphatic carbocycles. The lowest BCUT2D eigenvalue weighted by Crippen LogP contribution is -2.13. The molecule has 0 spiro atoms. The number of nitrogens with one attached hydrogen (secondary N) is 1. The van der Waals surface area contributed by atoms with Crippen LogP contribution in [0.5, 0.6) is 0 Å². The molecule has 0 radical (unpaired) electrons. The van der Waals surface area contributed by atoms with Crippen LogP contribution in [0.2, 0.25) is 0 Å². The maximum absolute atomic E-state index is 5.65. The van der Waals surface area contributed by atoms with Gasteiger partial charge in [0, 0.05) is 24.3 Å². The lowest BCUT2D eigenvalue weighted by atomic mass is 10.2. The van der Waals surface area contributed by atoms with Crippen LogP contribution >= 0.6 is 15.9 Å². The maximum Gasteiger partial charge on any atom is 0.248 e. The Kier molecular flexibility index (Phi) is 4.12. The van der Waals surface area contributed by atoms with Gasteiger partial charge in [-0.15, -0.1) is 10.2 Å². The Morgan fingerprint density at radius 1 is 1.19 bits per heavy atom. The Labute approximate surface area is 130 Å². The van der Waals surface area contributed by atoms with Crippen molar-refractivity contribution >= 4 is 15.9 Å². The van der Waals surface area contributed by atoms with Crippen molar-refractivity contribution < 1.29 is 4.42 Å². The summed E-state index contributed by atoms with van der Waals surface area (Å²) in [4.78, 5) is 0. The molecular formula is C14H14BrN5O. The van der Waals surface area contributed by atoms with Crippen molar-refractivity contribution in [2.45, 2.75) is 13.1 Å². The highest BCUT2D eigenvalue weighted by molar-refractivity contribution is 9.10. The summed E-state index contributed by atoms with van der Waals surface area (Å²) < 4.78 is 8.36. The van der Waals surface area contributed by atoms with Gasteiger partial charge in [0.15, 0.2) is 0 Å². The molecule has 1 aromatic carbocycles.